The van der Waals surface area contributed by atoms with Crippen molar-refractivity contribution in [1.29, 1.82) is 0 Å². The second-order valence-corrected chi connectivity index (χ2v) is 12.1. The van der Waals surface area contributed by atoms with Crippen LogP contribution in [0.4, 0.5) is 11.5 Å². The summed E-state index contributed by atoms with van der Waals surface area (Å²) >= 11 is 6.69. The zero-order chi connectivity index (χ0) is 31.2. The third-order valence-corrected chi connectivity index (χ3v) is 8.46. The van der Waals surface area contributed by atoms with Crippen LogP contribution in [-0.4, -0.2) is 117 Å². The quantitative estimate of drug-likeness (QED) is 0.337. The summed E-state index contributed by atoms with van der Waals surface area (Å²) in [6.07, 6.45) is 5.30. The Morgan fingerprint density at radius 1 is 0.932 bits per heavy atom. The van der Waals surface area contributed by atoms with E-state index < -0.39 is 0 Å². The van der Waals surface area contributed by atoms with Crippen LogP contribution < -0.4 is 14.5 Å². The van der Waals surface area contributed by atoms with Crippen molar-refractivity contribution in [1.82, 2.24) is 24.7 Å². The van der Waals surface area contributed by atoms with Crippen molar-refractivity contribution in [3.8, 4) is 6.01 Å². The van der Waals surface area contributed by atoms with Gasteiger partial charge >= 0.3 is 6.01 Å². The number of carbonyl (C=O) groups is 2. The van der Waals surface area contributed by atoms with Crippen LogP contribution in [0.5, 0.6) is 6.01 Å². The second kappa shape index (κ2) is 14.3. The number of halogens is 1. The number of rotatable bonds is 9. The van der Waals surface area contributed by atoms with Gasteiger partial charge in [-0.2, -0.15) is 9.97 Å². The molecule has 44 heavy (non-hydrogen) atoms. The van der Waals surface area contributed by atoms with Crippen molar-refractivity contribution < 1.29 is 14.3 Å². The number of anilines is 2. The van der Waals surface area contributed by atoms with Gasteiger partial charge in [0.05, 0.1) is 17.1 Å². The molecule has 11 heteroatoms. The van der Waals surface area contributed by atoms with Gasteiger partial charge in [-0.15, -0.1) is 0 Å². The van der Waals surface area contributed by atoms with Gasteiger partial charge in [-0.3, -0.25) is 9.59 Å². The molecular weight excluding hydrogens is 578 g/mol. The predicted octanol–water partition coefficient (Wildman–Crippen LogP) is 3.51. The first-order chi connectivity index (χ1) is 21.2. The molecule has 5 rings (SSSR count). The summed E-state index contributed by atoms with van der Waals surface area (Å²) in [5.41, 5.74) is 3.19. The SMILES string of the molecule is CN(C)C/C=C/C(=O)N1CCN(c2nc(OCCC(=O)N(C)C)nc3c2CCN(c2cccc4cccc(Cl)c24)CC3)CC1. The lowest BCUT2D eigenvalue weighted by molar-refractivity contribution is -0.129. The fraction of sp³-hybridized carbons (Fsp3) is 0.455. The Morgan fingerprint density at radius 3 is 2.39 bits per heavy atom. The van der Waals surface area contributed by atoms with Crippen LogP contribution in [0.3, 0.4) is 0 Å². The van der Waals surface area contributed by atoms with E-state index in [-0.39, 0.29) is 30.9 Å². The van der Waals surface area contributed by atoms with Crippen LogP contribution in [0.1, 0.15) is 17.7 Å². The molecule has 0 bridgehead atoms. The van der Waals surface area contributed by atoms with E-state index in [9.17, 15) is 9.59 Å². The van der Waals surface area contributed by atoms with Crippen LogP contribution in [0.15, 0.2) is 48.6 Å². The summed E-state index contributed by atoms with van der Waals surface area (Å²) in [7, 11) is 7.42. The van der Waals surface area contributed by atoms with Crippen molar-refractivity contribution in [2.75, 3.05) is 90.4 Å². The number of piperazine rings is 1. The van der Waals surface area contributed by atoms with Crippen LogP contribution in [0, 0.1) is 0 Å². The molecule has 0 unspecified atom stereocenters. The summed E-state index contributed by atoms with van der Waals surface area (Å²) in [4.78, 5) is 44.8. The molecule has 2 amide bonds. The minimum absolute atomic E-state index is 0.00945. The maximum atomic E-state index is 12.8. The number of hydrogen-bond donors (Lipinski definition) is 0. The van der Waals surface area contributed by atoms with Gasteiger partial charge in [0.15, 0.2) is 0 Å². The number of aromatic nitrogens is 2. The van der Waals surface area contributed by atoms with Crippen molar-refractivity contribution in [2.45, 2.75) is 19.3 Å². The molecule has 2 aromatic carbocycles. The molecular formula is C33H42ClN7O3. The molecule has 234 valence electrons. The highest BCUT2D eigenvalue weighted by Crippen LogP contribution is 2.35. The van der Waals surface area contributed by atoms with Crippen LogP contribution in [-0.2, 0) is 22.4 Å². The molecule has 0 saturated carbocycles. The highest BCUT2D eigenvalue weighted by molar-refractivity contribution is 6.36. The van der Waals surface area contributed by atoms with E-state index in [0.717, 1.165) is 64.6 Å². The first-order valence-corrected chi connectivity index (χ1v) is 15.6. The van der Waals surface area contributed by atoms with Gasteiger partial charge in [0, 0.05) is 89.0 Å². The summed E-state index contributed by atoms with van der Waals surface area (Å²) in [5, 5.41) is 2.92. The lowest BCUT2D eigenvalue weighted by atomic mass is 10.1. The van der Waals surface area contributed by atoms with E-state index in [0.29, 0.717) is 32.6 Å². The predicted molar refractivity (Wildman–Crippen MR) is 176 cm³/mol. The van der Waals surface area contributed by atoms with Gasteiger partial charge in [0.2, 0.25) is 11.8 Å². The molecule has 2 aliphatic rings. The Morgan fingerprint density at radius 2 is 1.66 bits per heavy atom. The highest BCUT2D eigenvalue weighted by atomic mass is 35.5. The number of likely N-dealkylation sites (N-methyl/N-ethyl adjacent to an activating group) is 1. The summed E-state index contributed by atoms with van der Waals surface area (Å²) in [5.74, 6) is 0.883. The first kappa shape index (κ1) is 31.5. The minimum Gasteiger partial charge on any atom is -0.463 e. The summed E-state index contributed by atoms with van der Waals surface area (Å²) in [6.45, 7) is 5.04. The second-order valence-electron chi connectivity index (χ2n) is 11.7. The smallest absolute Gasteiger partial charge is 0.318 e. The number of nitrogens with zero attached hydrogens (tertiary/aromatic N) is 7. The van der Waals surface area contributed by atoms with Crippen molar-refractivity contribution in [3.63, 3.8) is 0 Å². The number of fused-ring (bicyclic) bond motifs is 2. The Bertz CT molecular complexity index is 1510. The van der Waals surface area contributed by atoms with Gasteiger partial charge in [0.1, 0.15) is 12.4 Å². The van der Waals surface area contributed by atoms with E-state index >= 15 is 0 Å². The van der Waals surface area contributed by atoms with Crippen LogP contribution in [0.25, 0.3) is 10.8 Å². The fourth-order valence-corrected chi connectivity index (χ4v) is 6.00. The molecule has 2 aliphatic heterocycles. The van der Waals surface area contributed by atoms with E-state index in [4.69, 9.17) is 26.3 Å². The highest BCUT2D eigenvalue weighted by Gasteiger charge is 2.28. The lowest BCUT2D eigenvalue weighted by Crippen LogP contribution is -2.49. The first-order valence-electron chi connectivity index (χ1n) is 15.2. The van der Waals surface area contributed by atoms with Crippen molar-refractivity contribution in [2.24, 2.45) is 0 Å². The zero-order valence-electron chi connectivity index (χ0n) is 26.1. The Hall–Kier alpha value is -3.89. The van der Waals surface area contributed by atoms with Gasteiger partial charge < -0.3 is 29.2 Å². The molecule has 3 heterocycles. The number of carbonyl (C=O) groups excluding carboxylic acids is 2. The minimum atomic E-state index is -0.00945. The average molecular weight is 620 g/mol. The average Bonchev–Trinajstić information content (AvgIpc) is 3.23. The third kappa shape index (κ3) is 7.42. The van der Waals surface area contributed by atoms with E-state index in [1.54, 1.807) is 25.1 Å². The standard InChI is InChI=1S/C33H42ClN7O3/c1-37(2)16-7-12-30(43)40-19-21-41(22-20-40)32-25-13-17-39(28-11-6-9-24-8-5-10-26(34)31(24)28)18-14-27(25)35-33(36-32)44-23-15-29(42)38(3)4/h5-12H,13-23H2,1-4H3/b12-7+. The molecule has 0 radical (unpaired) electrons. The molecule has 0 atom stereocenters. The molecule has 1 saturated heterocycles. The third-order valence-electron chi connectivity index (χ3n) is 8.14. The number of ether oxygens (including phenoxy) is 1. The summed E-state index contributed by atoms with van der Waals surface area (Å²) in [6, 6.07) is 12.6. The monoisotopic (exact) mass is 619 g/mol. The van der Waals surface area contributed by atoms with Crippen molar-refractivity contribution in [3.05, 3.63) is 64.8 Å². The summed E-state index contributed by atoms with van der Waals surface area (Å²) < 4.78 is 5.97. The zero-order valence-corrected chi connectivity index (χ0v) is 26.9. The van der Waals surface area contributed by atoms with Crippen molar-refractivity contribution >= 4 is 45.7 Å². The van der Waals surface area contributed by atoms with Crippen LogP contribution >= 0.6 is 11.6 Å². The lowest BCUT2D eigenvalue weighted by Gasteiger charge is -2.36. The maximum Gasteiger partial charge on any atom is 0.318 e. The topological polar surface area (TPSA) is 85.4 Å². The molecule has 0 aliphatic carbocycles. The molecule has 3 aromatic rings. The van der Waals surface area contributed by atoms with E-state index in [2.05, 4.69) is 34.1 Å². The van der Waals surface area contributed by atoms with Gasteiger partial charge in [-0.1, -0.05) is 41.9 Å². The molecule has 1 fully saturated rings. The van der Waals surface area contributed by atoms with Crippen LogP contribution in [0.2, 0.25) is 5.02 Å². The normalized spacial score (nSPS) is 15.5. The Balaban J connectivity index is 1.38. The number of benzene rings is 2. The van der Waals surface area contributed by atoms with E-state index in [1.807, 2.05) is 42.1 Å². The number of hydrogen-bond acceptors (Lipinski definition) is 8. The molecule has 0 N–H and O–H groups in total. The van der Waals surface area contributed by atoms with Gasteiger partial charge in [-0.05, 0) is 38.0 Å². The van der Waals surface area contributed by atoms with Gasteiger partial charge in [-0.25, -0.2) is 0 Å². The Labute approximate surface area is 264 Å². The molecule has 0 spiro atoms. The fourth-order valence-electron chi connectivity index (χ4n) is 5.73. The maximum absolute atomic E-state index is 12.8. The molecule has 1 aromatic heterocycles. The Kier molecular flexibility index (Phi) is 10.2. The molecule has 10 nitrogen and oxygen atoms in total. The number of amides is 2. The van der Waals surface area contributed by atoms with Gasteiger partial charge in [0.25, 0.3) is 0 Å². The largest absolute Gasteiger partial charge is 0.463 e. The van der Waals surface area contributed by atoms with E-state index in [1.165, 1.54) is 0 Å².